The first-order valence-electron chi connectivity index (χ1n) is 8.64. The van der Waals surface area contributed by atoms with Crippen molar-refractivity contribution in [3.63, 3.8) is 0 Å². The molecule has 2 heterocycles. The van der Waals surface area contributed by atoms with Crippen LogP contribution in [0.1, 0.15) is 47.1 Å². The molecule has 2 aromatic heterocycles. The van der Waals surface area contributed by atoms with E-state index in [1.807, 2.05) is 71.0 Å². The van der Waals surface area contributed by atoms with Crippen molar-refractivity contribution in [2.45, 2.75) is 33.6 Å². The maximum Gasteiger partial charge on any atom is 0.259 e. The van der Waals surface area contributed by atoms with Gasteiger partial charge in [-0.15, -0.1) is 0 Å². The number of hydrogen-bond acceptors (Lipinski definition) is 5. The Morgan fingerprint density at radius 2 is 1.92 bits per heavy atom. The Morgan fingerprint density at radius 1 is 1.19 bits per heavy atom. The molecule has 1 aromatic carbocycles. The maximum atomic E-state index is 13.0. The van der Waals surface area contributed by atoms with Crippen molar-refractivity contribution in [1.82, 2.24) is 10.1 Å². The van der Waals surface area contributed by atoms with Crippen LogP contribution in [-0.4, -0.2) is 30.1 Å². The minimum absolute atomic E-state index is 0.178. The summed E-state index contributed by atoms with van der Waals surface area (Å²) in [5.74, 6) is -0.0104. The third kappa shape index (κ3) is 3.27. The number of carbonyl (C=O) groups excluding carboxylic acids is 1. The number of nitrogens with zero attached hydrogens (tertiary/aromatic N) is 3. The van der Waals surface area contributed by atoms with Crippen molar-refractivity contribution in [2.24, 2.45) is 0 Å². The largest absolute Gasteiger partial charge is 0.378 e. The van der Waals surface area contributed by atoms with Crippen LogP contribution in [0.25, 0.3) is 11.1 Å². The summed E-state index contributed by atoms with van der Waals surface area (Å²) in [5, 5.41) is 7.65. The predicted octanol–water partition coefficient (Wildman–Crippen LogP) is 4.28. The van der Waals surface area contributed by atoms with Gasteiger partial charge in [0.25, 0.3) is 11.6 Å². The molecule has 0 spiro atoms. The van der Waals surface area contributed by atoms with Crippen LogP contribution < -0.4 is 10.2 Å². The Kier molecular flexibility index (Phi) is 4.68. The zero-order chi connectivity index (χ0) is 19.0. The minimum Gasteiger partial charge on any atom is -0.378 e. The molecular formula is C20H24N4O2. The first kappa shape index (κ1) is 17.9. The molecule has 136 valence electrons. The number of carbonyl (C=O) groups is 1. The second-order valence-corrected chi connectivity index (χ2v) is 7.05. The molecular weight excluding hydrogens is 328 g/mol. The first-order chi connectivity index (χ1) is 12.3. The van der Waals surface area contributed by atoms with E-state index in [2.05, 4.69) is 15.5 Å². The third-order valence-electron chi connectivity index (χ3n) is 4.45. The van der Waals surface area contributed by atoms with Gasteiger partial charge in [0, 0.05) is 31.2 Å². The van der Waals surface area contributed by atoms with E-state index in [1.165, 1.54) is 0 Å². The zero-order valence-electron chi connectivity index (χ0n) is 16.0. The molecule has 3 rings (SSSR count). The summed E-state index contributed by atoms with van der Waals surface area (Å²) in [7, 11) is 3.98. The standard InChI is InChI=1S/C20H24N4O2/c1-11(2)17-10-15(18-13(4)23-26-20(18)22-17)19(25)21-16-8-7-14(24(5)6)9-12(16)3/h7-11H,1-6H3,(H,21,25). The Hall–Kier alpha value is -2.89. The van der Waals surface area contributed by atoms with E-state index in [1.54, 1.807) is 0 Å². The summed E-state index contributed by atoms with van der Waals surface area (Å²) in [4.78, 5) is 19.5. The summed E-state index contributed by atoms with van der Waals surface area (Å²) in [5.41, 5.74) is 5.27. The molecule has 0 saturated carbocycles. The van der Waals surface area contributed by atoms with E-state index in [-0.39, 0.29) is 11.8 Å². The van der Waals surface area contributed by atoms with Crippen molar-refractivity contribution in [3.05, 3.63) is 46.8 Å². The summed E-state index contributed by atoms with van der Waals surface area (Å²) in [6.07, 6.45) is 0. The van der Waals surface area contributed by atoms with Gasteiger partial charge < -0.3 is 14.7 Å². The van der Waals surface area contributed by atoms with Crippen LogP contribution in [0, 0.1) is 13.8 Å². The van der Waals surface area contributed by atoms with E-state index >= 15 is 0 Å². The van der Waals surface area contributed by atoms with Gasteiger partial charge >= 0.3 is 0 Å². The monoisotopic (exact) mass is 352 g/mol. The zero-order valence-corrected chi connectivity index (χ0v) is 16.0. The predicted molar refractivity (Wildman–Crippen MR) is 104 cm³/mol. The van der Waals surface area contributed by atoms with E-state index in [0.29, 0.717) is 22.4 Å². The second-order valence-electron chi connectivity index (χ2n) is 7.05. The van der Waals surface area contributed by atoms with Crippen molar-refractivity contribution in [3.8, 4) is 0 Å². The lowest BCUT2D eigenvalue weighted by Crippen LogP contribution is -2.15. The molecule has 6 heteroatoms. The molecule has 0 bridgehead atoms. The number of anilines is 2. The fraction of sp³-hybridized carbons (Fsp3) is 0.350. The maximum absolute atomic E-state index is 13.0. The fourth-order valence-corrected chi connectivity index (χ4v) is 2.84. The second kappa shape index (κ2) is 6.78. The summed E-state index contributed by atoms with van der Waals surface area (Å²) < 4.78 is 5.30. The number of benzene rings is 1. The van der Waals surface area contributed by atoms with E-state index < -0.39 is 0 Å². The number of nitrogens with one attached hydrogen (secondary N) is 1. The molecule has 0 aliphatic heterocycles. The lowest BCUT2D eigenvalue weighted by atomic mass is 10.0. The Morgan fingerprint density at radius 3 is 2.54 bits per heavy atom. The van der Waals surface area contributed by atoms with Gasteiger partial charge in [-0.25, -0.2) is 4.98 Å². The lowest BCUT2D eigenvalue weighted by molar-refractivity contribution is 0.102. The highest BCUT2D eigenvalue weighted by Gasteiger charge is 2.20. The van der Waals surface area contributed by atoms with E-state index in [0.717, 1.165) is 22.6 Å². The molecule has 3 aromatic rings. The van der Waals surface area contributed by atoms with Crippen molar-refractivity contribution in [1.29, 1.82) is 0 Å². The smallest absolute Gasteiger partial charge is 0.259 e. The molecule has 0 aliphatic carbocycles. The molecule has 26 heavy (non-hydrogen) atoms. The molecule has 0 aliphatic rings. The number of amides is 1. The van der Waals surface area contributed by atoms with E-state index in [9.17, 15) is 4.79 Å². The van der Waals surface area contributed by atoms with Crippen molar-refractivity contribution < 1.29 is 9.32 Å². The topological polar surface area (TPSA) is 71.3 Å². The number of hydrogen-bond donors (Lipinski definition) is 1. The molecule has 1 amide bonds. The summed E-state index contributed by atoms with van der Waals surface area (Å²) >= 11 is 0. The van der Waals surface area contributed by atoms with Crippen LogP contribution in [0.3, 0.4) is 0 Å². The number of pyridine rings is 1. The highest BCUT2D eigenvalue weighted by atomic mass is 16.5. The minimum atomic E-state index is -0.189. The number of rotatable bonds is 4. The average molecular weight is 352 g/mol. The summed E-state index contributed by atoms with van der Waals surface area (Å²) in [6.45, 7) is 7.86. The quantitative estimate of drug-likeness (QED) is 0.759. The normalized spacial score (nSPS) is 11.2. The molecule has 0 radical (unpaired) electrons. The van der Waals surface area contributed by atoms with Crippen LogP contribution >= 0.6 is 0 Å². The van der Waals surface area contributed by atoms with Gasteiger partial charge in [-0.2, -0.15) is 0 Å². The van der Waals surface area contributed by atoms with Crippen LogP contribution in [0.5, 0.6) is 0 Å². The molecule has 6 nitrogen and oxygen atoms in total. The van der Waals surface area contributed by atoms with Crippen LogP contribution in [-0.2, 0) is 0 Å². The lowest BCUT2D eigenvalue weighted by Gasteiger charge is -2.16. The highest BCUT2D eigenvalue weighted by molar-refractivity contribution is 6.12. The van der Waals surface area contributed by atoms with Gasteiger partial charge in [0.1, 0.15) is 0 Å². The van der Waals surface area contributed by atoms with E-state index in [4.69, 9.17) is 4.52 Å². The molecule has 0 fully saturated rings. The third-order valence-corrected chi connectivity index (χ3v) is 4.45. The number of aromatic nitrogens is 2. The molecule has 0 saturated heterocycles. The average Bonchev–Trinajstić information content (AvgIpc) is 2.96. The molecule has 0 atom stereocenters. The number of fused-ring (bicyclic) bond motifs is 1. The van der Waals surface area contributed by atoms with Crippen LogP contribution in [0.15, 0.2) is 28.8 Å². The first-order valence-corrected chi connectivity index (χ1v) is 8.64. The molecule has 0 unspecified atom stereocenters. The Labute approximate surface area is 153 Å². The number of aryl methyl sites for hydroxylation is 2. The van der Waals surface area contributed by atoms with Crippen molar-refractivity contribution >= 4 is 28.4 Å². The van der Waals surface area contributed by atoms with Crippen LogP contribution in [0.4, 0.5) is 11.4 Å². The highest BCUT2D eigenvalue weighted by Crippen LogP contribution is 2.27. The van der Waals surface area contributed by atoms with Gasteiger partial charge in [-0.05, 0) is 49.6 Å². The Balaban J connectivity index is 2.01. The van der Waals surface area contributed by atoms with Gasteiger partial charge in [0.2, 0.25) is 0 Å². The van der Waals surface area contributed by atoms with Gasteiger partial charge in [0.15, 0.2) is 0 Å². The van der Waals surface area contributed by atoms with Gasteiger partial charge in [-0.1, -0.05) is 19.0 Å². The van der Waals surface area contributed by atoms with Crippen molar-refractivity contribution in [2.75, 3.05) is 24.3 Å². The van der Waals surface area contributed by atoms with Gasteiger partial charge in [-0.3, -0.25) is 4.79 Å². The molecule has 1 N–H and O–H groups in total. The fourth-order valence-electron chi connectivity index (χ4n) is 2.84. The summed E-state index contributed by atoms with van der Waals surface area (Å²) in [6, 6.07) is 7.78. The Bertz CT molecular complexity index is 973. The van der Waals surface area contributed by atoms with Gasteiger partial charge in [0.05, 0.1) is 16.6 Å². The van der Waals surface area contributed by atoms with Crippen LogP contribution in [0.2, 0.25) is 0 Å². The SMILES string of the molecule is Cc1cc(N(C)C)ccc1NC(=O)c1cc(C(C)C)nc2onc(C)c12.